The molecule has 1 heterocycles. The summed E-state index contributed by atoms with van der Waals surface area (Å²) in [5, 5.41) is 7.81. The van der Waals surface area contributed by atoms with Crippen LogP contribution in [0.2, 0.25) is 0 Å². The molecule has 1 fully saturated rings. The van der Waals surface area contributed by atoms with E-state index in [1.807, 2.05) is 18.2 Å². The van der Waals surface area contributed by atoms with Gasteiger partial charge in [0.2, 0.25) is 11.3 Å². The highest BCUT2D eigenvalue weighted by Crippen LogP contribution is 2.23. The van der Waals surface area contributed by atoms with E-state index in [0.29, 0.717) is 16.8 Å². The normalized spacial score (nSPS) is 21.7. The highest BCUT2D eigenvalue weighted by molar-refractivity contribution is 5.81. The first-order valence-corrected chi connectivity index (χ1v) is 7.89. The lowest BCUT2D eigenvalue weighted by molar-refractivity contribution is -0.123. The van der Waals surface area contributed by atoms with Crippen molar-refractivity contribution < 1.29 is 4.79 Å². The molecule has 3 rings (SSSR count). The zero-order valence-electron chi connectivity index (χ0n) is 12.8. The predicted octanol–water partition coefficient (Wildman–Crippen LogP) is 2.09. The molecule has 0 spiro atoms. The molecule has 0 saturated heterocycles. The minimum absolute atomic E-state index is 0.0416. The summed E-state index contributed by atoms with van der Waals surface area (Å²) in [7, 11) is 0. The summed E-state index contributed by atoms with van der Waals surface area (Å²) in [6.45, 7) is 2.33. The molecular formula is C17H21N3O2. The average Bonchev–Trinajstić information content (AvgIpc) is 2.53. The fourth-order valence-electron chi connectivity index (χ4n) is 3.21. The van der Waals surface area contributed by atoms with Crippen molar-refractivity contribution in [2.24, 2.45) is 5.92 Å². The molecule has 1 aliphatic carbocycles. The second kappa shape index (κ2) is 6.30. The second-order valence-electron chi connectivity index (χ2n) is 6.12. The lowest BCUT2D eigenvalue weighted by Crippen LogP contribution is -2.42. The lowest BCUT2D eigenvalue weighted by Gasteiger charge is -2.29. The molecule has 5 nitrogen and oxygen atoms in total. The number of carbonyl (C=O) groups excluding carboxylic acids is 1. The van der Waals surface area contributed by atoms with Crippen molar-refractivity contribution in [2.75, 3.05) is 0 Å². The van der Waals surface area contributed by atoms with Crippen LogP contribution < -0.4 is 10.7 Å². The first-order valence-electron chi connectivity index (χ1n) is 7.89. The zero-order valence-corrected chi connectivity index (χ0v) is 12.8. The van der Waals surface area contributed by atoms with E-state index in [0.717, 1.165) is 6.42 Å². The molecule has 2 atom stereocenters. The Morgan fingerprint density at radius 1 is 1.32 bits per heavy atom. The number of nitrogens with zero attached hydrogens (tertiary/aromatic N) is 2. The van der Waals surface area contributed by atoms with Gasteiger partial charge in [-0.25, -0.2) is 0 Å². The quantitative estimate of drug-likeness (QED) is 0.944. The largest absolute Gasteiger partial charge is 0.351 e. The summed E-state index contributed by atoms with van der Waals surface area (Å²) in [6.07, 6.45) is 5.92. The number of nitrogens with one attached hydrogen (secondary N) is 1. The van der Waals surface area contributed by atoms with Crippen LogP contribution in [0.1, 0.15) is 32.6 Å². The summed E-state index contributed by atoms with van der Waals surface area (Å²) in [6, 6.07) is 7.50. The van der Waals surface area contributed by atoms with E-state index in [4.69, 9.17) is 0 Å². The smallest absolute Gasteiger partial charge is 0.241 e. The van der Waals surface area contributed by atoms with Crippen LogP contribution in [0.5, 0.6) is 0 Å². The number of amides is 1. The molecule has 0 bridgehead atoms. The Hall–Kier alpha value is -2.17. The van der Waals surface area contributed by atoms with Gasteiger partial charge in [0.05, 0.1) is 11.7 Å². The number of rotatable bonds is 3. The van der Waals surface area contributed by atoms with Crippen LogP contribution in [0.3, 0.4) is 0 Å². The summed E-state index contributed by atoms with van der Waals surface area (Å²) >= 11 is 0. The van der Waals surface area contributed by atoms with Gasteiger partial charge in [0.15, 0.2) is 0 Å². The van der Waals surface area contributed by atoms with Crippen molar-refractivity contribution in [3.05, 3.63) is 40.7 Å². The van der Waals surface area contributed by atoms with Crippen LogP contribution in [0.4, 0.5) is 0 Å². The number of para-hydroxylation sites is 1. The highest BCUT2D eigenvalue weighted by atomic mass is 16.2. The maximum absolute atomic E-state index is 12.3. The van der Waals surface area contributed by atoms with E-state index < -0.39 is 0 Å². The third-order valence-corrected chi connectivity index (χ3v) is 4.51. The second-order valence-corrected chi connectivity index (χ2v) is 6.12. The number of benzene rings is 1. The molecule has 1 aliphatic rings. The Morgan fingerprint density at radius 2 is 2.09 bits per heavy atom. The standard InChI is InChI=1S/C17H21N3O2/c1-12-6-2-4-8-14(12)19-17(22)11-20-15-9-5-3-7-13(15)16(21)10-18-20/h3,5,7,9-10,12,14H,2,4,6,8,11H2,1H3,(H,19,22)/t12-,14-/m1/s1. The summed E-state index contributed by atoms with van der Waals surface area (Å²) in [4.78, 5) is 24.1. The Kier molecular flexibility index (Phi) is 4.22. The third-order valence-electron chi connectivity index (χ3n) is 4.51. The van der Waals surface area contributed by atoms with Gasteiger partial charge in [-0.15, -0.1) is 0 Å². The molecule has 1 amide bonds. The maximum atomic E-state index is 12.3. The predicted molar refractivity (Wildman–Crippen MR) is 85.6 cm³/mol. The lowest BCUT2D eigenvalue weighted by atomic mass is 9.86. The molecular weight excluding hydrogens is 278 g/mol. The molecule has 22 heavy (non-hydrogen) atoms. The van der Waals surface area contributed by atoms with Crippen LogP contribution in [0.15, 0.2) is 35.3 Å². The summed E-state index contributed by atoms with van der Waals surface area (Å²) in [5.74, 6) is 0.483. The number of aromatic nitrogens is 2. The minimum Gasteiger partial charge on any atom is -0.351 e. The SMILES string of the molecule is C[C@@H]1CCCC[C@H]1NC(=O)Cn1ncc(=O)c2ccccc21. The zero-order chi connectivity index (χ0) is 15.5. The molecule has 0 aliphatic heterocycles. The summed E-state index contributed by atoms with van der Waals surface area (Å²) < 4.78 is 1.60. The fourth-order valence-corrected chi connectivity index (χ4v) is 3.21. The first-order chi connectivity index (χ1) is 10.6. The Balaban J connectivity index is 1.77. The molecule has 1 aromatic heterocycles. The van der Waals surface area contributed by atoms with Crippen molar-refractivity contribution in [3.8, 4) is 0 Å². The van der Waals surface area contributed by atoms with Crippen LogP contribution in [0.25, 0.3) is 10.9 Å². The van der Waals surface area contributed by atoms with Gasteiger partial charge < -0.3 is 5.32 Å². The Labute approximate surface area is 129 Å². The van der Waals surface area contributed by atoms with Crippen LogP contribution >= 0.6 is 0 Å². The van der Waals surface area contributed by atoms with Crippen LogP contribution in [-0.2, 0) is 11.3 Å². The van der Waals surface area contributed by atoms with Crippen molar-refractivity contribution in [1.29, 1.82) is 0 Å². The van der Waals surface area contributed by atoms with Gasteiger partial charge in [0.25, 0.3) is 0 Å². The van der Waals surface area contributed by atoms with Gasteiger partial charge in [-0.05, 0) is 30.9 Å². The topological polar surface area (TPSA) is 64.0 Å². The van der Waals surface area contributed by atoms with Crippen LogP contribution in [-0.4, -0.2) is 21.7 Å². The maximum Gasteiger partial charge on any atom is 0.241 e. The number of carbonyl (C=O) groups is 1. The van der Waals surface area contributed by atoms with Crippen molar-refractivity contribution in [3.63, 3.8) is 0 Å². The molecule has 1 N–H and O–H groups in total. The van der Waals surface area contributed by atoms with E-state index in [1.54, 1.807) is 10.7 Å². The van der Waals surface area contributed by atoms with Crippen molar-refractivity contribution >= 4 is 16.8 Å². The highest BCUT2D eigenvalue weighted by Gasteiger charge is 2.22. The van der Waals surface area contributed by atoms with E-state index in [2.05, 4.69) is 17.3 Å². The average molecular weight is 299 g/mol. The molecule has 5 heteroatoms. The first kappa shape index (κ1) is 14.8. The van der Waals surface area contributed by atoms with Gasteiger partial charge in [-0.3, -0.25) is 14.3 Å². The monoisotopic (exact) mass is 299 g/mol. The molecule has 1 saturated carbocycles. The molecule has 2 aromatic rings. The number of hydrogen-bond acceptors (Lipinski definition) is 3. The Morgan fingerprint density at radius 3 is 2.91 bits per heavy atom. The molecule has 116 valence electrons. The van der Waals surface area contributed by atoms with Gasteiger partial charge in [-0.2, -0.15) is 5.10 Å². The van der Waals surface area contributed by atoms with Crippen molar-refractivity contribution in [1.82, 2.24) is 15.1 Å². The van der Waals surface area contributed by atoms with E-state index in [-0.39, 0.29) is 23.9 Å². The van der Waals surface area contributed by atoms with Crippen LogP contribution in [0, 0.1) is 5.92 Å². The third kappa shape index (κ3) is 3.03. The van der Waals surface area contributed by atoms with Gasteiger partial charge in [0.1, 0.15) is 6.54 Å². The molecule has 0 radical (unpaired) electrons. The molecule has 1 aromatic carbocycles. The minimum atomic E-state index is -0.117. The van der Waals surface area contributed by atoms with E-state index in [1.165, 1.54) is 25.5 Å². The Bertz CT molecular complexity index is 738. The fraction of sp³-hybridized carbons (Fsp3) is 0.471. The van der Waals surface area contributed by atoms with Crippen molar-refractivity contribution in [2.45, 2.75) is 45.2 Å². The number of fused-ring (bicyclic) bond motifs is 1. The van der Waals surface area contributed by atoms with Gasteiger partial charge >= 0.3 is 0 Å². The van der Waals surface area contributed by atoms with Gasteiger partial charge in [0, 0.05) is 11.4 Å². The summed E-state index contributed by atoms with van der Waals surface area (Å²) in [5.41, 5.74) is 0.579. The van der Waals surface area contributed by atoms with E-state index in [9.17, 15) is 9.59 Å². The molecule has 0 unspecified atom stereocenters. The van der Waals surface area contributed by atoms with E-state index >= 15 is 0 Å². The number of hydrogen-bond donors (Lipinski definition) is 1. The van der Waals surface area contributed by atoms with Gasteiger partial charge in [-0.1, -0.05) is 31.9 Å².